The summed E-state index contributed by atoms with van der Waals surface area (Å²) in [4.78, 5) is 9.29. The van der Waals surface area contributed by atoms with Gasteiger partial charge >= 0.3 is 0 Å². The number of halogens is 1. The molecule has 0 spiro atoms. The maximum absolute atomic E-state index is 13.7. The number of hydrogen-bond acceptors (Lipinski definition) is 3. The number of nitrogens with zero attached hydrogens (tertiary/aromatic N) is 2. The first-order chi connectivity index (χ1) is 15.9. The van der Waals surface area contributed by atoms with Gasteiger partial charge in [0.2, 0.25) is 0 Å². The van der Waals surface area contributed by atoms with Gasteiger partial charge in [-0.2, -0.15) is 0 Å². The number of benzene rings is 2. The zero-order valence-electron chi connectivity index (χ0n) is 19.9. The lowest BCUT2D eigenvalue weighted by molar-refractivity contribution is 0.301. The van der Waals surface area contributed by atoms with Gasteiger partial charge < -0.3 is 4.74 Å². The van der Waals surface area contributed by atoms with Crippen molar-refractivity contribution < 1.29 is 9.13 Å². The Morgan fingerprint density at radius 2 is 1.70 bits per heavy atom. The molecule has 2 heterocycles. The molecule has 0 radical (unpaired) electrons. The minimum Gasteiger partial charge on any atom is -0.493 e. The van der Waals surface area contributed by atoms with E-state index in [9.17, 15) is 4.39 Å². The van der Waals surface area contributed by atoms with Crippen LogP contribution in [0.25, 0.3) is 21.8 Å². The van der Waals surface area contributed by atoms with Crippen molar-refractivity contribution in [3.05, 3.63) is 76.9 Å². The van der Waals surface area contributed by atoms with E-state index in [2.05, 4.69) is 50.2 Å². The van der Waals surface area contributed by atoms with E-state index >= 15 is 0 Å². The number of ether oxygens (including phenoxy) is 1. The Morgan fingerprint density at radius 1 is 0.939 bits per heavy atom. The lowest BCUT2D eigenvalue weighted by Crippen LogP contribution is -2.06. The number of hydrogen-bond donors (Lipinski definition) is 0. The van der Waals surface area contributed by atoms with E-state index in [1.165, 1.54) is 35.4 Å². The van der Waals surface area contributed by atoms with Crippen LogP contribution < -0.4 is 4.74 Å². The van der Waals surface area contributed by atoms with E-state index in [-0.39, 0.29) is 11.7 Å². The van der Waals surface area contributed by atoms with Crippen LogP contribution in [0.5, 0.6) is 5.75 Å². The van der Waals surface area contributed by atoms with Crippen molar-refractivity contribution in [3.63, 3.8) is 0 Å². The average molecular weight is 443 g/mol. The van der Waals surface area contributed by atoms with Crippen molar-refractivity contribution in [1.29, 1.82) is 0 Å². The van der Waals surface area contributed by atoms with E-state index in [1.807, 2.05) is 13.1 Å². The molecule has 1 aliphatic rings. The topological polar surface area (TPSA) is 35.0 Å². The molecule has 3 nitrogen and oxygen atoms in total. The van der Waals surface area contributed by atoms with E-state index in [4.69, 9.17) is 9.72 Å². The number of aryl methyl sites for hydroxylation is 1. The molecular formula is C29H31FN2O. The van der Waals surface area contributed by atoms with Gasteiger partial charge in [0.15, 0.2) is 0 Å². The molecule has 1 atom stereocenters. The fourth-order valence-corrected chi connectivity index (χ4v) is 4.91. The summed E-state index contributed by atoms with van der Waals surface area (Å²) < 4.78 is 19.9. The first-order valence-electron chi connectivity index (χ1n) is 12.0. The smallest absolute Gasteiger partial charge is 0.123 e. The third-order valence-electron chi connectivity index (χ3n) is 7.01. The Bertz CT molecular complexity index is 1330. The lowest BCUT2D eigenvalue weighted by atomic mass is 9.92. The second kappa shape index (κ2) is 8.74. The zero-order chi connectivity index (χ0) is 23.1. The van der Waals surface area contributed by atoms with Crippen LogP contribution in [-0.2, 0) is 0 Å². The summed E-state index contributed by atoms with van der Waals surface area (Å²) in [7, 11) is 0. The second-order valence-electron chi connectivity index (χ2n) is 9.77. The molecule has 0 saturated heterocycles. The van der Waals surface area contributed by atoms with Crippen LogP contribution >= 0.6 is 0 Å². The Balaban J connectivity index is 1.31. The standard InChI is InChI=1S/C29H31FN2O/c1-17(2)25-15-32-28-14-22(8-9-23(28)29(25)20-5-6-20)33-12-11-18(3)26-16-31-27-10-7-21(30)13-24(27)19(26)4/h7-10,13-18,20H,5-6,11-12H2,1-4H3. The van der Waals surface area contributed by atoms with Crippen molar-refractivity contribution in [2.75, 3.05) is 6.61 Å². The summed E-state index contributed by atoms with van der Waals surface area (Å²) in [6.45, 7) is 9.32. The molecule has 5 rings (SSSR count). The van der Waals surface area contributed by atoms with Crippen LogP contribution in [0.1, 0.15) is 80.0 Å². The number of rotatable bonds is 7. The highest BCUT2D eigenvalue weighted by Crippen LogP contribution is 2.46. The minimum absolute atomic E-state index is 0.226. The molecule has 2 aromatic heterocycles. The molecule has 1 fully saturated rings. The van der Waals surface area contributed by atoms with Gasteiger partial charge in [0, 0.05) is 29.2 Å². The first kappa shape index (κ1) is 21.8. The molecule has 170 valence electrons. The van der Waals surface area contributed by atoms with E-state index < -0.39 is 0 Å². The maximum atomic E-state index is 13.7. The van der Waals surface area contributed by atoms with Crippen molar-refractivity contribution in [2.45, 2.75) is 64.7 Å². The third kappa shape index (κ3) is 4.31. The molecule has 4 aromatic rings. The molecule has 0 bridgehead atoms. The molecule has 33 heavy (non-hydrogen) atoms. The Labute approximate surface area is 195 Å². The van der Waals surface area contributed by atoms with Crippen LogP contribution in [0.4, 0.5) is 4.39 Å². The molecule has 0 N–H and O–H groups in total. The Morgan fingerprint density at radius 3 is 2.45 bits per heavy atom. The lowest BCUT2D eigenvalue weighted by Gasteiger charge is -2.17. The van der Waals surface area contributed by atoms with Gasteiger partial charge in [-0.15, -0.1) is 0 Å². The van der Waals surface area contributed by atoms with Gasteiger partial charge in [-0.3, -0.25) is 9.97 Å². The van der Waals surface area contributed by atoms with E-state index in [1.54, 1.807) is 12.1 Å². The monoisotopic (exact) mass is 442 g/mol. The van der Waals surface area contributed by atoms with Crippen molar-refractivity contribution in [2.24, 2.45) is 0 Å². The van der Waals surface area contributed by atoms with E-state index in [0.29, 0.717) is 18.4 Å². The molecule has 1 aliphatic carbocycles. The van der Waals surface area contributed by atoms with Crippen LogP contribution in [0, 0.1) is 12.7 Å². The van der Waals surface area contributed by atoms with Crippen LogP contribution in [0.3, 0.4) is 0 Å². The highest BCUT2D eigenvalue weighted by Gasteiger charge is 2.29. The Hall–Kier alpha value is -3.01. The molecular weight excluding hydrogens is 411 g/mol. The summed E-state index contributed by atoms with van der Waals surface area (Å²) in [5.74, 6) is 2.07. The highest BCUT2D eigenvalue weighted by molar-refractivity contribution is 5.85. The van der Waals surface area contributed by atoms with Gasteiger partial charge in [0.25, 0.3) is 0 Å². The quantitative estimate of drug-likeness (QED) is 0.293. The van der Waals surface area contributed by atoms with Gasteiger partial charge in [-0.1, -0.05) is 20.8 Å². The normalized spacial score (nSPS) is 14.8. The maximum Gasteiger partial charge on any atom is 0.123 e. The summed E-state index contributed by atoms with van der Waals surface area (Å²) in [6.07, 6.45) is 7.40. The fraction of sp³-hybridized carbons (Fsp3) is 0.379. The number of fused-ring (bicyclic) bond motifs is 2. The largest absolute Gasteiger partial charge is 0.493 e. The summed E-state index contributed by atoms with van der Waals surface area (Å²) in [5, 5.41) is 2.16. The third-order valence-corrected chi connectivity index (χ3v) is 7.01. The van der Waals surface area contributed by atoms with Crippen molar-refractivity contribution >= 4 is 21.8 Å². The Kier molecular flexibility index (Phi) is 5.77. The molecule has 4 heteroatoms. The SMILES string of the molecule is Cc1c(C(C)CCOc2ccc3c(C4CC4)c(C(C)C)cnc3c2)cnc2ccc(F)cc12. The van der Waals surface area contributed by atoms with Gasteiger partial charge in [0.05, 0.1) is 17.6 Å². The van der Waals surface area contributed by atoms with Crippen LogP contribution in [-0.4, -0.2) is 16.6 Å². The summed E-state index contributed by atoms with van der Waals surface area (Å²) in [6, 6.07) is 11.1. The van der Waals surface area contributed by atoms with Gasteiger partial charge in [-0.25, -0.2) is 4.39 Å². The summed E-state index contributed by atoms with van der Waals surface area (Å²) >= 11 is 0. The molecule has 1 unspecified atom stereocenters. The zero-order valence-corrected chi connectivity index (χ0v) is 19.9. The summed E-state index contributed by atoms with van der Waals surface area (Å²) in [5.41, 5.74) is 6.96. The molecule has 2 aromatic carbocycles. The molecule has 0 aliphatic heterocycles. The molecule has 1 saturated carbocycles. The van der Waals surface area contributed by atoms with Gasteiger partial charge in [0.1, 0.15) is 11.6 Å². The van der Waals surface area contributed by atoms with Crippen molar-refractivity contribution in [3.8, 4) is 5.75 Å². The van der Waals surface area contributed by atoms with Crippen LogP contribution in [0.15, 0.2) is 48.8 Å². The minimum atomic E-state index is -0.226. The molecule has 0 amide bonds. The van der Waals surface area contributed by atoms with E-state index in [0.717, 1.165) is 39.7 Å². The predicted molar refractivity (Wildman–Crippen MR) is 133 cm³/mol. The highest BCUT2D eigenvalue weighted by atomic mass is 19.1. The number of aromatic nitrogens is 2. The fourth-order valence-electron chi connectivity index (χ4n) is 4.91. The number of pyridine rings is 2. The van der Waals surface area contributed by atoms with Gasteiger partial charge in [-0.05, 0) is 96.5 Å². The predicted octanol–water partition coefficient (Wildman–Crippen LogP) is 7.80. The first-order valence-corrected chi connectivity index (χ1v) is 12.0. The average Bonchev–Trinajstić information content (AvgIpc) is 3.64. The van der Waals surface area contributed by atoms with Crippen molar-refractivity contribution in [1.82, 2.24) is 9.97 Å². The van der Waals surface area contributed by atoms with Crippen LogP contribution in [0.2, 0.25) is 0 Å². The second-order valence-corrected chi connectivity index (χ2v) is 9.77.